The quantitative estimate of drug-likeness (QED) is 0.800. The van der Waals surface area contributed by atoms with Crippen LogP contribution in [-0.2, 0) is 4.79 Å². The van der Waals surface area contributed by atoms with E-state index >= 15 is 0 Å². The fraction of sp³-hybridized carbons (Fsp3) is 0.250. The molecule has 0 atom stereocenters. The molecule has 0 aliphatic heterocycles. The van der Waals surface area contributed by atoms with Gasteiger partial charge in [0.25, 0.3) is 0 Å². The molecule has 1 rings (SSSR count). The lowest BCUT2D eigenvalue weighted by molar-refractivity contribution is -0.113. The summed E-state index contributed by atoms with van der Waals surface area (Å²) in [4.78, 5) is 11.4. The number of benzene rings is 1. The number of hydrogen-bond donors (Lipinski definition) is 2. The van der Waals surface area contributed by atoms with Gasteiger partial charge in [-0.3, -0.25) is 4.79 Å². The second-order valence-corrected chi connectivity index (χ2v) is 4.04. The molecule has 0 bridgehead atoms. The van der Waals surface area contributed by atoms with Gasteiger partial charge < -0.3 is 11.1 Å². The van der Waals surface area contributed by atoms with Crippen molar-refractivity contribution in [2.75, 3.05) is 23.9 Å². The molecule has 3 nitrogen and oxygen atoms in total. The van der Waals surface area contributed by atoms with Crippen LogP contribution in [0.15, 0.2) is 18.2 Å². The van der Waals surface area contributed by atoms with E-state index in [0.29, 0.717) is 17.0 Å². The number of nitrogens with two attached hydrogens (primary N) is 1. The van der Waals surface area contributed by atoms with Crippen molar-refractivity contribution in [1.29, 1.82) is 0 Å². The summed E-state index contributed by atoms with van der Waals surface area (Å²) in [5.74, 6) is 5.17. The maximum absolute atomic E-state index is 13.0. The standard InChI is InChI=1S/C12H13FN2OS/c1-17-8-12(16)15-11-5-4-10(13)7-9(11)3-2-6-14/h4-5,7H,6,8,14H2,1H3,(H,15,16). The highest BCUT2D eigenvalue weighted by atomic mass is 32.2. The maximum atomic E-state index is 13.0. The SMILES string of the molecule is CSCC(=O)Nc1ccc(F)cc1C#CCN. The van der Waals surface area contributed by atoms with Crippen molar-refractivity contribution in [3.05, 3.63) is 29.6 Å². The van der Waals surface area contributed by atoms with Gasteiger partial charge in [0.05, 0.1) is 23.5 Å². The number of amides is 1. The smallest absolute Gasteiger partial charge is 0.234 e. The summed E-state index contributed by atoms with van der Waals surface area (Å²) >= 11 is 1.41. The van der Waals surface area contributed by atoms with Crippen LogP contribution < -0.4 is 11.1 Å². The molecular weight excluding hydrogens is 239 g/mol. The Bertz CT molecular complexity index is 465. The highest BCUT2D eigenvalue weighted by molar-refractivity contribution is 7.99. The number of anilines is 1. The molecule has 1 aromatic rings. The zero-order valence-corrected chi connectivity index (χ0v) is 10.2. The molecule has 3 N–H and O–H groups in total. The first-order chi connectivity index (χ1) is 8.17. The number of carbonyl (C=O) groups is 1. The van der Waals surface area contributed by atoms with Crippen LogP contribution >= 0.6 is 11.8 Å². The lowest BCUT2D eigenvalue weighted by atomic mass is 10.1. The molecule has 0 heterocycles. The van der Waals surface area contributed by atoms with Crippen molar-refractivity contribution in [2.24, 2.45) is 5.73 Å². The Morgan fingerprint density at radius 3 is 3.00 bits per heavy atom. The molecule has 1 aromatic carbocycles. The molecular formula is C12H13FN2OS. The Balaban J connectivity index is 2.94. The zero-order chi connectivity index (χ0) is 12.7. The van der Waals surface area contributed by atoms with Gasteiger partial charge in [-0.2, -0.15) is 11.8 Å². The number of rotatable bonds is 3. The van der Waals surface area contributed by atoms with Gasteiger partial charge >= 0.3 is 0 Å². The predicted molar refractivity (Wildman–Crippen MR) is 69.3 cm³/mol. The van der Waals surface area contributed by atoms with E-state index in [2.05, 4.69) is 17.2 Å². The van der Waals surface area contributed by atoms with Crippen LogP contribution in [0.3, 0.4) is 0 Å². The van der Waals surface area contributed by atoms with Crippen molar-refractivity contribution in [1.82, 2.24) is 0 Å². The van der Waals surface area contributed by atoms with Crippen molar-refractivity contribution in [3.63, 3.8) is 0 Å². The number of nitrogens with one attached hydrogen (secondary N) is 1. The molecule has 90 valence electrons. The molecule has 0 aliphatic rings. The predicted octanol–water partition coefficient (Wildman–Crippen LogP) is 1.44. The third-order valence-corrected chi connectivity index (χ3v) is 2.41. The first-order valence-electron chi connectivity index (χ1n) is 4.94. The number of thioether (sulfide) groups is 1. The Morgan fingerprint density at radius 2 is 2.35 bits per heavy atom. The molecule has 0 fully saturated rings. The van der Waals surface area contributed by atoms with E-state index in [1.807, 2.05) is 6.26 Å². The molecule has 17 heavy (non-hydrogen) atoms. The summed E-state index contributed by atoms with van der Waals surface area (Å²) in [6, 6.07) is 4.05. The molecule has 0 saturated heterocycles. The van der Waals surface area contributed by atoms with Crippen molar-refractivity contribution in [3.8, 4) is 11.8 Å². The van der Waals surface area contributed by atoms with Crippen LogP contribution in [0.4, 0.5) is 10.1 Å². The topological polar surface area (TPSA) is 55.1 Å². The highest BCUT2D eigenvalue weighted by Gasteiger charge is 2.06. The average Bonchev–Trinajstić information content (AvgIpc) is 2.30. The fourth-order valence-electron chi connectivity index (χ4n) is 1.19. The summed E-state index contributed by atoms with van der Waals surface area (Å²) in [5, 5.41) is 2.68. The van der Waals surface area contributed by atoms with Gasteiger partial charge in [0, 0.05) is 0 Å². The van der Waals surface area contributed by atoms with E-state index in [1.165, 1.54) is 30.0 Å². The molecule has 0 spiro atoms. The number of hydrogen-bond acceptors (Lipinski definition) is 3. The Morgan fingerprint density at radius 1 is 1.59 bits per heavy atom. The van der Waals surface area contributed by atoms with E-state index < -0.39 is 5.82 Å². The largest absolute Gasteiger partial charge is 0.324 e. The van der Waals surface area contributed by atoms with Gasteiger partial charge in [0.1, 0.15) is 5.82 Å². The van der Waals surface area contributed by atoms with E-state index in [0.717, 1.165) is 0 Å². The average molecular weight is 252 g/mol. The third-order valence-electron chi connectivity index (χ3n) is 1.86. The molecule has 1 amide bonds. The van der Waals surface area contributed by atoms with Crippen molar-refractivity contribution >= 4 is 23.4 Å². The van der Waals surface area contributed by atoms with Gasteiger partial charge in [-0.15, -0.1) is 0 Å². The van der Waals surface area contributed by atoms with Crippen molar-refractivity contribution < 1.29 is 9.18 Å². The second kappa shape index (κ2) is 6.94. The summed E-state index contributed by atoms with van der Waals surface area (Å²) in [5.41, 5.74) is 6.20. The van der Waals surface area contributed by atoms with E-state index in [1.54, 1.807) is 0 Å². The van der Waals surface area contributed by atoms with Crippen LogP contribution in [0.2, 0.25) is 0 Å². The Labute approximate surface area is 104 Å². The molecule has 5 heteroatoms. The minimum Gasteiger partial charge on any atom is -0.324 e. The van der Waals surface area contributed by atoms with Crippen LogP contribution in [0.25, 0.3) is 0 Å². The lowest BCUT2D eigenvalue weighted by Gasteiger charge is -2.06. The van der Waals surface area contributed by atoms with Crippen LogP contribution in [0, 0.1) is 17.7 Å². The van der Waals surface area contributed by atoms with Crippen LogP contribution in [0.1, 0.15) is 5.56 Å². The van der Waals surface area contributed by atoms with Crippen LogP contribution in [0.5, 0.6) is 0 Å². The summed E-state index contributed by atoms with van der Waals surface area (Å²) in [6.07, 6.45) is 1.83. The van der Waals surface area contributed by atoms with Gasteiger partial charge in [-0.1, -0.05) is 11.8 Å². The first kappa shape index (κ1) is 13.6. The first-order valence-corrected chi connectivity index (χ1v) is 6.34. The Kier molecular flexibility index (Phi) is 5.53. The summed E-state index contributed by atoms with van der Waals surface area (Å²) < 4.78 is 13.0. The van der Waals surface area contributed by atoms with E-state index in [-0.39, 0.29) is 12.5 Å². The number of carbonyl (C=O) groups excluding carboxylic acids is 1. The lowest BCUT2D eigenvalue weighted by Crippen LogP contribution is -2.14. The van der Waals surface area contributed by atoms with Crippen LogP contribution in [-0.4, -0.2) is 24.5 Å². The molecule has 0 unspecified atom stereocenters. The minimum absolute atomic E-state index is 0.139. The summed E-state index contributed by atoms with van der Waals surface area (Å²) in [6.45, 7) is 0.189. The zero-order valence-electron chi connectivity index (χ0n) is 9.42. The van der Waals surface area contributed by atoms with E-state index in [9.17, 15) is 9.18 Å². The Hall–Kier alpha value is -1.51. The van der Waals surface area contributed by atoms with E-state index in [4.69, 9.17) is 5.73 Å². The van der Waals surface area contributed by atoms with Crippen molar-refractivity contribution in [2.45, 2.75) is 0 Å². The van der Waals surface area contributed by atoms with Gasteiger partial charge in [0.15, 0.2) is 0 Å². The monoisotopic (exact) mass is 252 g/mol. The highest BCUT2D eigenvalue weighted by Crippen LogP contribution is 2.16. The molecule has 0 aromatic heterocycles. The summed E-state index contributed by atoms with van der Waals surface area (Å²) in [7, 11) is 0. The number of halogens is 1. The second-order valence-electron chi connectivity index (χ2n) is 3.18. The minimum atomic E-state index is -0.394. The van der Waals surface area contributed by atoms with Gasteiger partial charge in [-0.05, 0) is 24.5 Å². The van der Waals surface area contributed by atoms with Gasteiger partial charge in [0.2, 0.25) is 5.91 Å². The van der Waals surface area contributed by atoms with Gasteiger partial charge in [-0.25, -0.2) is 4.39 Å². The molecule has 0 aliphatic carbocycles. The normalized spacial score (nSPS) is 9.35. The molecule has 0 radical (unpaired) electrons. The fourth-order valence-corrected chi connectivity index (χ4v) is 1.53. The maximum Gasteiger partial charge on any atom is 0.234 e. The third kappa shape index (κ3) is 4.47. The molecule has 0 saturated carbocycles.